The molecular weight excluding hydrogens is 449 g/mol. The van der Waals surface area contributed by atoms with Gasteiger partial charge >= 0.3 is 13.3 Å². The molecule has 0 bridgehead atoms. The molecule has 3 rings (SSSR count). The maximum absolute atomic E-state index is 13.6. The second-order valence-electron chi connectivity index (χ2n) is 6.57. The molecule has 0 atom stereocenters. The van der Waals surface area contributed by atoms with Crippen LogP contribution in [0.4, 0.5) is 17.6 Å². The van der Waals surface area contributed by atoms with Gasteiger partial charge in [0.05, 0.1) is 16.9 Å². The van der Waals surface area contributed by atoms with Gasteiger partial charge in [-0.2, -0.15) is 18.3 Å². The van der Waals surface area contributed by atoms with E-state index in [1.807, 2.05) is 13.8 Å². The third-order valence-corrected chi connectivity index (χ3v) is 4.24. The summed E-state index contributed by atoms with van der Waals surface area (Å²) in [4.78, 5) is 3.97. The van der Waals surface area contributed by atoms with Crippen LogP contribution in [-0.2, 0) is 6.18 Å². The molecule has 0 saturated carbocycles. The smallest absolute Gasteiger partial charge is 0.423 e. The lowest BCUT2D eigenvalue weighted by Crippen LogP contribution is -2.14. The zero-order valence-electron chi connectivity index (χ0n) is 19.5. The molecule has 34 heavy (non-hydrogen) atoms. The van der Waals surface area contributed by atoms with Gasteiger partial charge in [-0.3, -0.25) is 0 Å². The number of benzene rings is 1. The zero-order valence-corrected chi connectivity index (χ0v) is 19.5. The number of pyridine rings is 1. The standard InChI is InChI=1S/C18H11F4N3.C4H9BO2.C2H6/c1-12-16(10-7-14-4-2-3-11-23-14)17(18(20,21)22)25(24-12)15-8-5-13(19)6-9-15;1-3-4(2)5(6)7;1-2/h2-6,8-9,11H,1H3;3,6-7H,1-2H3;1-2H3/b;4-3+;. The first-order valence-electron chi connectivity index (χ1n) is 10.4. The van der Waals surface area contributed by atoms with E-state index < -0.39 is 24.8 Å². The van der Waals surface area contributed by atoms with Crippen molar-refractivity contribution in [2.45, 2.75) is 40.8 Å². The summed E-state index contributed by atoms with van der Waals surface area (Å²) in [6, 6.07) is 9.58. The van der Waals surface area contributed by atoms with E-state index in [2.05, 4.69) is 21.9 Å². The molecule has 2 aromatic heterocycles. The largest absolute Gasteiger partial charge is 0.483 e. The second kappa shape index (κ2) is 13.3. The van der Waals surface area contributed by atoms with Crippen LogP contribution in [0, 0.1) is 24.6 Å². The van der Waals surface area contributed by atoms with Crippen LogP contribution in [-0.4, -0.2) is 31.9 Å². The summed E-state index contributed by atoms with van der Waals surface area (Å²) in [7, 11) is -1.27. The molecule has 3 aromatic rings. The molecule has 0 amide bonds. The Morgan fingerprint density at radius 3 is 2.12 bits per heavy atom. The highest BCUT2D eigenvalue weighted by Crippen LogP contribution is 2.34. The summed E-state index contributed by atoms with van der Waals surface area (Å²) in [5, 5.41) is 20.6. The number of aromatic nitrogens is 3. The van der Waals surface area contributed by atoms with Crippen LogP contribution in [0.15, 0.2) is 60.2 Å². The lowest BCUT2D eigenvalue weighted by atomic mass is 9.81. The van der Waals surface area contributed by atoms with Gasteiger partial charge in [0.25, 0.3) is 0 Å². The average Bonchev–Trinajstić information content (AvgIpc) is 3.16. The molecule has 0 saturated heterocycles. The minimum absolute atomic E-state index is 0.0997. The highest BCUT2D eigenvalue weighted by Gasteiger charge is 2.39. The van der Waals surface area contributed by atoms with Gasteiger partial charge in [0.2, 0.25) is 0 Å². The number of hydrogen-bond donors (Lipinski definition) is 2. The third-order valence-electron chi connectivity index (χ3n) is 4.24. The monoisotopic (exact) mass is 475 g/mol. The van der Waals surface area contributed by atoms with Gasteiger partial charge in [-0.1, -0.05) is 31.9 Å². The first-order valence-corrected chi connectivity index (χ1v) is 10.4. The van der Waals surface area contributed by atoms with E-state index in [1.54, 1.807) is 38.1 Å². The van der Waals surface area contributed by atoms with E-state index in [-0.39, 0.29) is 16.9 Å². The molecule has 1 aromatic carbocycles. The molecule has 2 heterocycles. The SMILES string of the molecule is C/C=C(\C)B(O)O.CC.Cc1nn(-c2ccc(F)cc2)c(C(F)(F)F)c1C#Cc1ccccn1. The van der Waals surface area contributed by atoms with Crippen LogP contribution in [0.1, 0.15) is 50.3 Å². The van der Waals surface area contributed by atoms with Gasteiger partial charge in [-0.25, -0.2) is 14.1 Å². The van der Waals surface area contributed by atoms with Crippen molar-refractivity contribution < 1.29 is 27.6 Å². The summed E-state index contributed by atoms with van der Waals surface area (Å²) in [5.74, 6) is 4.58. The maximum atomic E-state index is 13.6. The molecule has 0 unspecified atom stereocenters. The lowest BCUT2D eigenvalue weighted by Gasteiger charge is -2.11. The van der Waals surface area contributed by atoms with E-state index in [9.17, 15) is 17.6 Å². The molecule has 0 aliphatic carbocycles. The van der Waals surface area contributed by atoms with Crippen LogP contribution in [0.2, 0.25) is 0 Å². The number of alkyl halides is 3. The molecule has 2 N–H and O–H groups in total. The molecule has 10 heteroatoms. The fourth-order valence-electron chi connectivity index (χ4n) is 2.42. The van der Waals surface area contributed by atoms with E-state index in [0.29, 0.717) is 11.2 Å². The van der Waals surface area contributed by atoms with Crippen molar-refractivity contribution in [1.29, 1.82) is 0 Å². The third kappa shape index (κ3) is 8.17. The lowest BCUT2D eigenvalue weighted by molar-refractivity contribution is -0.143. The van der Waals surface area contributed by atoms with Crippen molar-refractivity contribution in [1.82, 2.24) is 14.8 Å². The van der Waals surface area contributed by atoms with Gasteiger partial charge in [0, 0.05) is 6.20 Å². The van der Waals surface area contributed by atoms with Crippen LogP contribution >= 0.6 is 0 Å². The Hall–Kier alpha value is -3.42. The van der Waals surface area contributed by atoms with Gasteiger partial charge in [-0.05, 0) is 68.6 Å². The normalized spacial score (nSPS) is 10.7. The van der Waals surface area contributed by atoms with Gasteiger partial charge in [0.1, 0.15) is 11.5 Å². The number of rotatable bonds is 2. The minimum atomic E-state index is -4.68. The predicted molar refractivity (Wildman–Crippen MR) is 124 cm³/mol. The summed E-state index contributed by atoms with van der Waals surface area (Å²) >= 11 is 0. The molecule has 0 spiro atoms. The fraction of sp³-hybridized carbons (Fsp3) is 0.250. The van der Waals surface area contributed by atoms with Crippen LogP contribution < -0.4 is 0 Å². The van der Waals surface area contributed by atoms with Gasteiger partial charge in [-0.15, -0.1) is 0 Å². The highest BCUT2D eigenvalue weighted by atomic mass is 19.4. The van der Waals surface area contributed by atoms with E-state index in [1.165, 1.54) is 25.3 Å². The number of halogens is 4. The minimum Gasteiger partial charge on any atom is -0.423 e. The first-order chi connectivity index (χ1) is 16.0. The fourth-order valence-corrected chi connectivity index (χ4v) is 2.42. The Morgan fingerprint density at radius 1 is 1.06 bits per heavy atom. The molecule has 0 aliphatic rings. The van der Waals surface area contributed by atoms with Crippen LogP contribution in [0.25, 0.3) is 5.69 Å². The van der Waals surface area contributed by atoms with Crippen LogP contribution in [0.5, 0.6) is 0 Å². The van der Waals surface area contributed by atoms with Crippen LogP contribution in [0.3, 0.4) is 0 Å². The Kier molecular flexibility index (Phi) is 11.2. The number of hydrogen-bond acceptors (Lipinski definition) is 4. The maximum Gasteiger partial charge on any atom is 0.483 e. The summed E-state index contributed by atoms with van der Waals surface area (Å²) in [5.41, 5.74) is -0.0742. The Morgan fingerprint density at radius 2 is 1.68 bits per heavy atom. The van der Waals surface area contributed by atoms with Crippen molar-refractivity contribution in [2.75, 3.05) is 0 Å². The zero-order chi connectivity index (χ0) is 25.9. The number of aryl methyl sites for hydroxylation is 1. The topological polar surface area (TPSA) is 71.2 Å². The molecule has 180 valence electrons. The highest BCUT2D eigenvalue weighted by molar-refractivity contribution is 6.50. The summed E-state index contributed by atoms with van der Waals surface area (Å²) < 4.78 is 54.6. The van der Waals surface area contributed by atoms with Crippen molar-refractivity contribution >= 4 is 7.12 Å². The van der Waals surface area contributed by atoms with E-state index in [0.717, 1.165) is 16.8 Å². The summed E-state index contributed by atoms with van der Waals surface area (Å²) in [6.07, 6.45) is -1.52. The van der Waals surface area contributed by atoms with Gasteiger partial charge in [0.15, 0.2) is 5.69 Å². The number of allylic oxidation sites excluding steroid dienone is 2. The van der Waals surface area contributed by atoms with Crippen molar-refractivity contribution in [3.63, 3.8) is 0 Å². The average molecular weight is 475 g/mol. The Balaban J connectivity index is 0.000000553. The molecule has 0 aliphatic heterocycles. The van der Waals surface area contributed by atoms with E-state index >= 15 is 0 Å². The second-order valence-corrected chi connectivity index (χ2v) is 6.57. The predicted octanol–water partition coefficient (Wildman–Crippen LogP) is 5.12. The van der Waals surface area contributed by atoms with Crippen molar-refractivity contribution in [3.8, 4) is 17.5 Å². The molecule has 5 nitrogen and oxygen atoms in total. The van der Waals surface area contributed by atoms with Gasteiger partial charge < -0.3 is 10.0 Å². The quantitative estimate of drug-likeness (QED) is 0.307. The molecule has 0 fully saturated rings. The Bertz CT molecular complexity index is 1130. The Labute approximate surface area is 196 Å². The molecular formula is C24H26BF4N3O2. The molecule has 0 radical (unpaired) electrons. The van der Waals surface area contributed by atoms with E-state index in [4.69, 9.17) is 10.0 Å². The first kappa shape index (κ1) is 28.6. The van der Waals surface area contributed by atoms with Crippen molar-refractivity contribution in [3.05, 3.63) is 88.7 Å². The number of nitrogens with zero attached hydrogens (tertiary/aromatic N) is 3. The summed E-state index contributed by atoms with van der Waals surface area (Å²) in [6.45, 7) is 8.86. The van der Waals surface area contributed by atoms with Crippen molar-refractivity contribution in [2.24, 2.45) is 0 Å².